The zero-order valence-electron chi connectivity index (χ0n) is 12.1. The van der Waals surface area contributed by atoms with Gasteiger partial charge in [-0.05, 0) is 25.5 Å². The van der Waals surface area contributed by atoms with Gasteiger partial charge in [0.2, 0.25) is 0 Å². The molecule has 1 N–H and O–H groups in total. The van der Waals surface area contributed by atoms with Crippen molar-refractivity contribution in [1.82, 2.24) is 4.98 Å². The largest absolute Gasteiger partial charge is 0.389 e. The molecule has 1 heterocycles. The number of anilines is 1. The first-order valence-corrected chi connectivity index (χ1v) is 7.34. The Morgan fingerprint density at radius 2 is 2.24 bits per heavy atom. The van der Waals surface area contributed by atoms with Gasteiger partial charge >= 0.3 is 0 Å². The van der Waals surface area contributed by atoms with Gasteiger partial charge in [-0.2, -0.15) is 0 Å². The van der Waals surface area contributed by atoms with Gasteiger partial charge < -0.3 is 10.0 Å². The maximum absolute atomic E-state index is 11.3. The number of aryl methyl sites for hydroxylation is 1. The highest BCUT2D eigenvalue weighted by molar-refractivity contribution is 7.09. The van der Waals surface area contributed by atoms with Gasteiger partial charge in [-0.15, -0.1) is 11.3 Å². The van der Waals surface area contributed by atoms with Crippen LogP contribution in [0.5, 0.6) is 0 Å². The minimum absolute atomic E-state index is 0.00179. The highest BCUT2D eigenvalue weighted by atomic mass is 32.1. The first-order valence-electron chi connectivity index (χ1n) is 6.46. The van der Waals surface area contributed by atoms with Crippen LogP contribution >= 0.6 is 11.3 Å². The molecule has 1 atom stereocenters. The zero-order chi connectivity index (χ0) is 15.6. The van der Waals surface area contributed by atoms with Crippen LogP contribution in [-0.4, -0.2) is 22.1 Å². The Balaban J connectivity index is 2.34. The first kappa shape index (κ1) is 15.4. The van der Waals surface area contributed by atoms with Crippen LogP contribution in [0.1, 0.15) is 29.2 Å². The average Bonchev–Trinajstić information content (AvgIpc) is 2.83. The summed E-state index contributed by atoms with van der Waals surface area (Å²) in [6, 6.07) is 4.82. The molecule has 0 fully saturated rings. The molecule has 0 aliphatic rings. The average molecular weight is 307 g/mol. The fourth-order valence-corrected chi connectivity index (χ4v) is 2.88. The van der Waals surface area contributed by atoms with Gasteiger partial charge in [-0.1, -0.05) is 6.07 Å². The molecule has 0 amide bonds. The van der Waals surface area contributed by atoms with E-state index in [0.29, 0.717) is 17.8 Å². The van der Waals surface area contributed by atoms with E-state index < -0.39 is 11.0 Å². The second-order valence-electron chi connectivity index (χ2n) is 4.90. The topological polar surface area (TPSA) is 79.5 Å². The molecule has 0 saturated carbocycles. The van der Waals surface area contributed by atoms with Gasteiger partial charge in [0.25, 0.3) is 5.69 Å². The van der Waals surface area contributed by atoms with Gasteiger partial charge in [0.05, 0.1) is 28.8 Å². The Labute approximate surface area is 126 Å². The zero-order valence-corrected chi connectivity index (χ0v) is 12.9. The predicted octanol–water partition coefficient (Wildman–Crippen LogP) is 3.05. The van der Waals surface area contributed by atoms with Crippen LogP contribution in [-0.2, 0) is 6.54 Å². The van der Waals surface area contributed by atoms with Crippen molar-refractivity contribution in [1.29, 1.82) is 0 Å². The van der Waals surface area contributed by atoms with E-state index in [1.807, 2.05) is 18.9 Å². The summed E-state index contributed by atoms with van der Waals surface area (Å²) in [5.74, 6) is 0. The first-order chi connectivity index (χ1) is 9.90. The molecular formula is C14H17N3O3S. The molecule has 112 valence electrons. The molecule has 2 rings (SSSR count). The van der Waals surface area contributed by atoms with Crippen molar-refractivity contribution in [2.75, 3.05) is 11.9 Å². The van der Waals surface area contributed by atoms with Crippen molar-refractivity contribution in [2.45, 2.75) is 26.5 Å². The van der Waals surface area contributed by atoms with Gasteiger partial charge in [0.1, 0.15) is 5.69 Å². The molecule has 1 aromatic heterocycles. The number of benzene rings is 1. The Hall–Kier alpha value is -1.99. The lowest BCUT2D eigenvalue weighted by atomic mass is 10.1. The van der Waals surface area contributed by atoms with E-state index in [1.165, 1.54) is 17.4 Å². The number of hydrogen-bond acceptors (Lipinski definition) is 6. The maximum atomic E-state index is 11.3. The second-order valence-corrected chi connectivity index (χ2v) is 5.84. The third kappa shape index (κ3) is 3.37. The van der Waals surface area contributed by atoms with Crippen molar-refractivity contribution in [2.24, 2.45) is 0 Å². The molecule has 21 heavy (non-hydrogen) atoms. The lowest BCUT2D eigenvalue weighted by Crippen LogP contribution is -2.17. The third-order valence-corrected chi connectivity index (χ3v) is 4.24. The smallest absolute Gasteiger partial charge is 0.292 e. The number of aliphatic hydroxyl groups is 1. The van der Waals surface area contributed by atoms with E-state index in [4.69, 9.17) is 0 Å². The van der Waals surface area contributed by atoms with Crippen molar-refractivity contribution < 1.29 is 10.0 Å². The summed E-state index contributed by atoms with van der Waals surface area (Å²) in [5, 5.41) is 20.8. The van der Waals surface area contributed by atoms with E-state index in [1.54, 1.807) is 24.6 Å². The molecule has 6 nitrogen and oxygen atoms in total. The normalized spacial score (nSPS) is 12.2. The van der Waals surface area contributed by atoms with Crippen molar-refractivity contribution in [3.8, 4) is 0 Å². The van der Waals surface area contributed by atoms with Crippen LogP contribution in [0.3, 0.4) is 0 Å². The van der Waals surface area contributed by atoms with Crippen LogP contribution in [0.2, 0.25) is 0 Å². The lowest BCUT2D eigenvalue weighted by molar-refractivity contribution is -0.384. The van der Waals surface area contributed by atoms with Gasteiger partial charge in [0, 0.05) is 18.0 Å². The maximum Gasteiger partial charge on any atom is 0.292 e. The van der Waals surface area contributed by atoms with E-state index in [2.05, 4.69) is 4.98 Å². The number of aromatic nitrogens is 1. The standard InChI is InChI=1S/C14H17N3O3S/c1-9-14(21-8-15-9)7-16(3)12-5-4-11(10(2)18)6-13(12)17(19)20/h4-6,8,10,18H,7H2,1-3H3/t10-/m1/s1. The fraction of sp³-hybridized carbons (Fsp3) is 0.357. The summed E-state index contributed by atoms with van der Waals surface area (Å²) in [6.07, 6.45) is -0.730. The number of nitro groups is 1. The summed E-state index contributed by atoms with van der Waals surface area (Å²) in [6.45, 7) is 4.07. The van der Waals surface area contributed by atoms with E-state index in [0.717, 1.165) is 10.6 Å². The van der Waals surface area contributed by atoms with Crippen LogP contribution in [0.15, 0.2) is 23.7 Å². The van der Waals surface area contributed by atoms with E-state index in [9.17, 15) is 15.2 Å². The van der Waals surface area contributed by atoms with E-state index >= 15 is 0 Å². The lowest BCUT2D eigenvalue weighted by Gasteiger charge is -2.19. The molecule has 0 saturated heterocycles. The molecule has 0 spiro atoms. The van der Waals surface area contributed by atoms with Crippen LogP contribution < -0.4 is 4.90 Å². The molecule has 0 bridgehead atoms. The predicted molar refractivity (Wildman–Crippen MR) is 82.7 cm³/mol. The van der Waals surface area contributed by atoms with Crippen molar-refractivity contribution in [3.63, 3.8) is 0 Å². The minimum Gasteiger partial charge on any atom is -0.389 e. The summed E-state index contributed by atoms with van der Waals surface area (Å²) in [5.41, 5.74) is 3.77. The SMILES string of the molecule is Cc1ncsc1CN(C)c1ccc([C@@H](C)O)cc1[N+](=O)[O-]. The quantitative estimate of drug-likeness (QED) is 0.678. The Kier molecular flexibility index (Phi) is 4.54. The molecule has 0 unspecified atom stereocenters. The van der Waals surface area contributed by atoms with Crippen LogP contribution in [0, 0.1) is 17.0 Å². The van der Waals surface area contributed by atoms with Crippen LogP contribution in [0.25, 0.3) is 0 Å². The highest BCUT2D eigenvalue weighted by Crippen LogP contribution is 2.32. The number of aliphatic hydroxyl groups excluding tert-OH is 1. The van der Waals surface area contributed by atoms with Gasteiger partial charge in [-0.3, -0.25) is 10.1 Å². The summed E-state index contributed by atoms with van der Waals surface area (Å²) >= 11 is 1.53. The number of nitrogens with zero attached hydrogens (tertiary/aromatic N) is 3. The molecule has 1 aromatic carbocycles. The third-order valence-electron chi connectivity index (χ3n) is 3.32. The highest BCUT2D eigenvalue weighted by Gasteiger charge is 2.20. The molecule has 0 aliphatic heterocycles. The molecule has 0 radical (unpaired) electrons. The number of thiazole rings is 1. The van der Waals surface area contributed by atoms with Crippen molar-refractivity contribution in [3.05, 3.63) is 50.0 Å². The summed E-state index contributed by atoms with van der Waals surface area (Å²) < 4.78 is 0. The summed E-state index contributed by atoms with van der Waals surface area (Å²) in [4.78, 5) is 17.9. The Morgan fingerprint density at radius 3 is 2.76 bits per heavy atom. The molecular weight excluding hydrogens is 290 g/mol. The fourth-order valence-electron chi connectivity index (χ4n) is 2.05. The minimum atomic E-state index is -0.730. The van der Waals surface area contributed by atoms with Crippen LogP contribution in [0.4, 0.5) is 11.4 Å². The number of rotatable bonds is 5. The number of hydrogen-bond donors (Lipinski definition) is 1. The summed E-state index contributed by atoms with van der Waals surface area (Å²) in [7, 11) is 1.81. The molecule has 0 aliphatic carbocycles. The molecule has 7 heteroatoms. The van der Waals surface area contributed by atoms with E-state index in [-0.39, 0.29) is 5.69 Å². The number of nitro benzene ring substituents is 1. The molecule has 2 aromatic rings. The van der Waals surface area contributed by atoms with Gasteiger partial charge in [-0.25, -0.2) is 4.98 Å². The Bertz CT molecular complexity index is 655. The van der Waals surface area contributed by atoms with Crippen molar-refractivity contribution >= 4 is 22.7 Å². The monoisotopic (exact) mass is 307 g/mol. The van der Waals surface area contributed by atoms with Gasteiger partial charge in [0.15, 0.2) is 0 Å². The Morgan fingerprint density at radius 1 is 1.52 bits per heavy atom. The second kappa shape index (κ2) is 6.19.